The van der Waals surface area contributed by atoms with E-state index in [2.05, 4.69) is 15.9 Å². The number of carbonyl (C=O) groups excluding carboxylic acids is 1. The molecule has 2 saturated carbocycles. The fraction of sp³-hybridized carbons (Fsp3) is 0.917. The van der Waals surface area contributed by atoms with Crippen LogP contribution in [0.2, 0.25) is 0 Å². The number of esters is 1. The predicted octanol–water partition coefficient (Wildman–Crippen LogP) is 3.14. The summed E-state index contributed by atoms with van der Waals surface area (Å²) < 4.78 is 4.92. The molecule has 2 aliphatic carbocycles. The van der Waals surface area contributed by atoms with Crippen LogP contribution in [0.5, 0.6) is 0 Å². The molecular formula is C12H19BrO2. The molecule has 3 heteroatoms. The van der Waals surface area contributed by atoms with Crippen molar-refractivity contribution in [3.05, 3.63) is 0 Å². The molecule has 0 aromatic rings. The average molecular weight is 275 g/mol. The molecule has 2 rings (SSSR count). The van der Waals surface area contributed by atoms with Crippen LogP contribution in [-0.2, 0) is 9.53 Å². The Kier molecular flexibility index (Phi) is 3.70. The molecule has 0 saturated heterocycles. The van der Waals surface area contributed by atoms with Crippen molar-refractivity contribution in [1.29, 1.82) is 0 Å². The summed E-state index contributed by atoms with van der Waals surface area (Å²) >= 11 is 3.70. The summed E-state index contributed by atoms with van der Waals surface area (Å²) in [4.78, 5) is 12.3. The number of hydrogen-bond donors (Lipinski definition) is 0. The molecule has 0 heterocycles. The molecule has 2 nitrogen and oxygen atoms in total. The van der Waals surface area contributed by atoms with Crippen LogP contribution < -0.4 is 0 Å². The Morgan fingerprint density at radius 1 is 1.27 bits per heavy atom. The fourth-order valence-corrected chi connectivity index (χ4v) is 4.02. The van der Waals surface area contributed by atoms with Gasteiger partial charge in [0.05, 0.1) is 13.0 Å². The highest BCUT2D eigenvalue weighted by atomic mass is 79.9. The van der Waals surface area contributed by atoms with Crippen molar-refractivity contribution >= 4 is 21.9 Å². The van der Waals surface area contributed by atoms with E-state index >= 15 is 0 Å². The maximum Gasteiger partial charge on any atom is 0.308 e. The molecule has 0 radical (unpaired) electrons. The van der Waals surface area contributed by atoms with Crippen molar-refractivity contribution in [3.8, 4) is 0 Å². The summed E-state index contributed by atoms with van der Waals surface area (Å²) in [5.74, 6) is 1.54. The van der Waals surface area contributed by atoms with Crippen LogP contribution in [0.3, 0.4) is 0 Å². The largest absolute Gasteiger partial charge is 0.469 e. The lowest BCUT2D eigenvalue weighted by atomic mass is 9.65. The zero-order chi connectivity index (χ0) is 10.8. The Hall–Kier alpha value is -0.0500. The standard InChI is InChI=1S/C12H19BrO2/c1-15-12(14)10-4-2-3-8-5-6-9(13)7-11(8)10/h8-11H,2-7H2,1H3. The minimum atomic E-state index is 0.0197. The van der Waals surface area contributed by atoms with Crippen LogP contribution in [0.25, 0.3) is 0 Å². The number of fused-ring (bicyclic) bond motifs is 1. The highest BCUT2D eigenvalue weighted by molar-refractivity contribution is 9.09. The second-order valence-corrected chi connectivity index (χ2v) is 6.19. The Labute approximate surface area is 99.9 Å². The van der Waals surface area contributed by atoms with Crippen LogP contribution in [0, 0.1) is 17.8 Å². The first-order chi connectivity index (χ1) is 7.22. The molecule has 0 bridgehead atoms. The maximum atomic E-state index is 11.7. The number of alkyl halides is 1. The molecule has 0 aliphatic heterocycles. The van der Waals surface area contributed by atoms with Gasteiger partial charge in [0.1, 0.15) is 0 Å². The molecule has 2 fully saturated rings. The van der Waals surface area contributed by atoms with Gasteiger partial charge in [0.15, 0.2) is 0 Å². The first kappa shape index (κ1) is 11.4. The third-order valence-corrected chi connectivity index (χ3v) is 4.93. The summed E-state index contributed by atoms with van der Waals surface area (Å²) in [5, 5.41) is 0. The van der Waals surface area contributed by atoms with E-state index in [4.69, 9.17) is 4.74 Å². The summed E-state index contributed by atoms with van der Waals surface area (Å²) in [6, 6.07) is 0. The van der Waals surface area contributed by atoms with Crippen LogP contribution in [0.1, 0.15) is 38.5 Å². The van der Waals surface area contributed by atoms with Gasteiger partial charge in [0, 0.05) is 4.83 Å². The van der Waals surface area contributed by atoms with Crippen LogP contribution in [0.4, 0.5) is 0 Å². The van der Waals surface area contributed by atoms with E-state index in [0.717, 1.165) is 18.8 Å². The maximum absolute atomic E-state index is 11.7. The molecular weight excluding hydrogens is 256 g/mol. The van der Waals surface area contributed by atoms with Gasteiger partial charge in [-0.05, 0) is 37.5 Å². The van der Waals surface area contributed by atoms with Gasteiger partial charge >= 0.3 is 5.97 Å². The lowest BCUT2D eigenvalue weighted by Gasteiger charge is -2.41. The molecule has 4 unspecified atom stereocenters. The Balaban J connectivity index is 2.07. The monoisotopic (exact) mass is 274 g/mol. The molecule has 0 aromatic heterocycles. The van der Waals surface area contributed by atoms with Crippen molar-refractivity contribution in [2.75, 3.05) is 7.11 Å². The van der Waals surface area contributed by atoms with Crippen LogP contribution >= 0.6 is 15.9 Å². The van der Waals surface area contributed by atoms with Crippen molar-refractivity contribution in [3.63, 3.8) is 0 Å². The van der Waals surface area contributed by atoms with Crippen molar-refractivity contribution < 1.29 is 9.53 Å². The number of halogens is 1. The fourth-order valence-electron chi connectivity index (χ4n) is 3.32. The van der Waals surface area contributed by atoms with E-state index in [0.29, 0.717) is 10.7 Å². The summed E-state index contributed by atoms with van der Waals surface area (Å²) in [5.41, 5.74) is 0. The second kappa shape index (κ2) is 4.86. The number of carbonyl (C=O) groups is 1. The van der Waals surface area contributed by atoms with E-state index in [1.165, 1.54) is 32.8 Å². The zero-order valence-electron chi connectivity index (χ0n) is 9.25. The minimum Gasteiger partial charge on any atom is -0.469 e. The number of rotatable bonds is 1. The van der Waals surface area contributed by atoms with Crippen molar-refractivity contribution in [2.45, 2.75) is 43.4 Å². The zero-order valence-corrected chi connectivity index (χ0v) is 10.8. The Morgan fingerprint density at radius 2 is 2.07 bits per heavy atom. The van der Waals surface area contributed by atoms with Gasteiger partial charge in [0.25, 0.3) is 0 Å². The first-order valence-electron chi connectivity index (χ1n) is 5.94. The highest BCUT2D eigenvalue weighted by Crippen LogP contribution is 2.45. The topological polar surface area (TPSA) is 26.3 Å². The highest BCUT2D eigenvalue weighted by Gasteiger charge is 2.41. The summed E-state index contributed by atoms with van der Waals surface area (Å²) in [6.07, 6.45) is 7.27. The van der Waals surface area contributed by atoms with Gasteiger partial charge in [-0.2, -0.15) is 0 Å². The first-order valence-corrected chi connectivity index (χ1v) is 6.86. The van der Waals surface area contributed by atoms with Gasteiger partial charge in [-0.1, -0.05) is 28.8 Å². The van der Waals surface area contributed by atoms with Crippen LogP contribution in [0.15, 0.2) is 0 Å². The van der Waals surface area contributed by atoms with E-state index in [1.807, 2.05) is 0 Å². The number of hydrogen-bond acceptors (Lipinski definition) is 2. The third kappa shape index (κ3) is 2.38. The van der Waals surface area contributed by atoms with Gasteiger partial charge in [-0.25, -0.2) is 0 Å². The third-order valence-electron chi connectivity index (χ3n) is 4.09. The molecule has 86 valence electrons. The normalized spacial score (nSPS) is 40.7. The van der Waals surface area contributed by atoms with Gasteiger partial charge in [-0.15, -0.1) is 0 Å². The minimum absolute atomic E-state index is 0.0197. The molecule has 0 amide bonds. The number of ether oxygens (including phenoxy) is 1. The van der Waals surface area contributed by atoms with E-state index in [-0.39, 0.29) is 11.9 Å². The van der Waals surface area contributed by atoms with Crippen molar-refractivity contribution in [2.24, 2.45) is 17.8 Å². The molecule has 0 aromatic carbocycles. The summed E-state index contributed by atoms with van der Waals surface area (Å²) in [6.45, 7) is 0. The van der Waals surface area contributed by atoms with E-state index in [1.54, 1.807) is 0 Å². The van der Waals surface area contributed by atoms with Crippen LogP contribution in [-0.4, -0.2) is 17.9 Å². The smallest absolute Gasteiger partial charge is 0.308 e. The molecule has 15 heavy (non-hydrogen) atoms. The quantitative estimate of drug-likeness (QED) is 0.543. The number of methoxy groups -OCH3 is 1. The lowest BCUT2D eigenvalue weighted by molar-refractivity contribution is -0.150. The van der Waals surface area contributed by atoms with Crippen molar-refractivity contribution in [1.82, 2.24) is 0 Å². The molecule has 2 aliphatic rings. The Morgan fingerprint density at radius 3 is 2.80 bits per heavy atom. The van der Waals surface area contributed by atoms with Gasteiger partial charge in [-0.3, -0.25) is 4.79 Å². The molecule has 4 atom stereocenters. The van der Waals surface area contributed by atoms with Gasteiger partial charge in [0.2, 0.25) is 0 Å². The summed E-state index contributed by atoms with van der Waals surface area (Å²) in [7, 11) is 1.51. The average Bonchev–Trinajstić information content (AvgIpc) is 2.27. The molecule has 0 N–H and O–H groups in total. The van der Waals surface area contributed by atoms with E-state index in [9.17, 15) is 4.79 Å². The second-order valence-electron chi connectivity index (χ2n) is 4.89. The van der Waals surface area contributed by atoms with Gasteiger partial charge < -0.3 is 4.74 Å². The predicted molar refractivity (Wildman–Crippen MR) is 62.9 cm³/mol. The lowest BCUT2D eigenvalue weighted by Crippen LogP contribution is -2.38. The molecule has 0 spiro atoms. The SMILES string of the molecule is COC(=O)C1CCCC2CCC(Br)CC21. The van der Waals surface area contributed by atoms with E-state index < -0.39 is 0 Å². The Bertz CT molecular complexity index is 242.